The van der Waals surface area contributed by atoms with Crippen LogP contribution in [0.2, 0.25) is 10.0 Å². The van der Waals surface area contributed by atoms with Gasteiger partial charge in [0.25, 0.3) is 0 Å². The van der Waals surface area contributed by atoms with Gasteiger partial charge in [-0.3, -0.25) is 19.4 Å². The predicted molar refractivity (Wildman–Crippen MR) is 201 cm³/mol. The van der Waals surface area contributed by atoms with Crippen LogP contribution in [0.5, 0.6) is 11.8 Å². The number of aromatic nitrogens is 2. The number of nitrogens with one attached hydrogen (secondary N) is 1. The molecule has 8 rings (SSSR count). The number of carbonyl (C=O) groups is 2. The van der Waals surface area contributed by atoms with Crippen molar-refractivity contribution in [2.24, 2.45) is 0 Å². The van der Waals surface area contributed by atoms with Gasteiger partial charge in [-0.1, -0.05) is 71.7 Å². The summed E-state index contributed by atoms with van der Waals surface area (Å²) in [6, 6.07) is 20.1. The van der Waals surface area contributed by atoms with E-state index in [1.54, 1.807) is 14.2 Å². The fourth-order valence-electron chi connectivity index (χ4n) is 8.39. The molecule has 1 atom stereocenters. The second-order valence-electron chi connectivity index (χ2n) is 14.4. The Morgan fingerprint density at radius 3 is 1.87 bits per heavy atom. The van der Waals surface area contributed by atoms with Crippen LogP contribution in [0.15, 0.2) is 60.7 Å². The monoisotopic (exact) mass is 740 g/mol. The molecule has 0 bridgehead atoms. The molecule has 4 aliphatic rings. The molecule has 1 N–H and O–H groups in total. The highest BCUT2D eigenvalue weighted by Gasteiger charge is 2.47. The van der Waals surface area contributed by atoms with Crippen LogP contribution < -0.4 is 14.8 Å². The van der Waals surface area contributed by atoms with Crippen LogP contribution in [0, 0.1) is 0 Å². The molecule has 6 heterocycles. The van der Waals surface area contributed by atoms with Gasteiger partial charge in [-0.05, 0) is 31.4 Å². The van der Waals surface area contributed by atoms with Crippen molar-refractivity contribution in [3.8, 4) is 45.4 Å². The molecule has 0 saturated carbocycles. The maximum atomic E-state index is 12.3. The first-order valence-electron chi connectivity index (χ1n) is 18.0. The standard InChI is InChI=1S/C40H42Cl2N6O4/c1-51-38-25(20-46-19-16-27(22-46)48-18-5-10-35(48)50)11-13-32(43-38)30-8-3-6-28(36(30)41)29-7-4-9-31(37(29)42)33-14-12-26(39(44-33)52-2)21-47-23-40(24-47)17-15-34(49)45-40/h3-4,6-9,11-14,27H,5,10,15-24H2,1-2H3,(H,45,49). The van der Waals surface area contributed by atoms with Crippen molar-refractivity contribution in [1.82, 2.24) is 30.0 Å². The topological polar surface area (TPSA) is 100 Å². The average Bonchev–Trinajstić information content (AvgIpc) is 3.89. The minimum Gasteiger partial charge on any atom is -0.481 e. The molecular weight excluding hydrogens is 699 g/mol. The SMILES string of the molecule is COc1nc(-c2cccc(-c3cccc(-c4ccc(CN5CC6(CCC(=O)N6)C5)c(OC)n4)c3Cl)c2Cl)ccc1CN1CCC(N2CCCC2=O)C1. The predicted octanol–water partition coefficient (Wildman–Crippen LogP) is 6.46. The average molecular weight is 742 g/mol. The summed E-state index contributed by atoms with van der Waals surface area (Å²) in [7, 11) is 3.27. The number of hydrogen-bond donors (Lipinski definition) is 1. The van der Waals surface area contributed by atoms with E-state index >= 15 is 0 Å². The number of carbonyl (C=O) groups excluding carboxylic acids is 2. The Labute approximate surface area is 314 Å². The molecule has 12 heteroatoms. The summed E-state index contributed by atoms with van der Waals surface area (Å²) in [6.45, 7) is 5.69. The molecule has 10 nitrogen and oxygen atoms in total. The van der Waals surface area contributed by atoms with Gasteiger partial charge in [-0.15, -0.1) is 0 Å². The van der Waals surface area contributed by atoms with Crippen LogP contribution in [0.3, 0.4) is 0 Å². The number of pyridine rings is 2. The summed E-state index contributed by atoms with van der Waals surface area (Å²) in [6.07, 6.45) is 4.11. The van der Waals surface area contributed by atoms with Gasteiger partial charge in [-0.25, -0.2) is 9.97 Å². The zero-order valence-electron chi connectivity index (χ0n) is 29.5. The van der Waals surface area contributed by atoms with Gasteiger partial charge in [0.15, 0.2) is 0 Å². The van der Waals surface area contributed by atoms with Crippen LogP contribution in [-0.2, 0) is 22.7 Å². The summed E-state index contributed by atoms with van der Waals surface area (Å²) in [5.74, 6) is 1.52. The van der Waals surface area contributed by atoms with E-state index in [2.05, 4.69) is 26.1 Å². The van der Waals surface area contributed by atoms with E-state index in [0.29, 0.717) is 59.1 Å². The third-order valence-corrected chi connectivity index (χ3v) is 11.8. The van der Waals surface area contributed by atoms with Crippen molar-refractivity contribution < 1.29 is 19.1 Å². The number of ether oxygens (including phenoxy) is 2. The van der Waals surface area contributed by atoms with Gasteiger partial charge in [0, 0.05) is 98.1 Å². The summed E-state index contributed by atoms with van der Waals surface area (Å²) < 4.78 is 11.5. The summed E-state index contributed by atoms with van der Waals surface area (Å²) >= 11 is 14.3. The fourth-order valence-corrected chi connectivity index (χ4v) is 9.04. The van der Waals surface area contributed by atoms with E-state index in [1.807, 2.05) is 54.6 Å². The maximum Gasteiger partial charge on any atom is 0.222 e. The zero-order chi connectivity index (χ0) is 36.0. The molecule has 52 heavy (non-hydrogen) atoms. The van der Waals surface area contributed by atoms with Crippen molar-refractivity contribution in [3.05, 3.63) is 81.8 Å². The zero-order valence-corrected chi connectivity index (χ0v) is 31.0. The molecule has 0 aliphatic carbocycles. The molecule has 2 aromatic heterocycles. The summed E-state index contributed by atoms with van der Waals surface area (Å²) in [5.41, 5.74) is 6.39. The van der Waals surface area contributed by atoms with Crippen molar-refractivity contribution in [1.29, 1.82) is 0 Å². The van der Waals surface area contributed by atoms with Crippen LogP contribution in [0.25, 0.3) is 33.6 Å². The van der Waals surface area contributed by atoms with E-state index in [-0.39, 0.29) is 23.4 Å². The Morgan fingerprint density at radius 2 is 1.35 bits per heavy atom. The Bertz CT molecular complexity index is 2040. The number of likely N-dealkylation sites (tertiary alicyclic amines) is 3. The number of methoxy groups -OCH3 is 2. The minimum atomic E-state index is -0.0786. The highest BCUT2D eigenvalue weighted by atomic mass is 35.5. The number of halogens is 2. The van der Waals surface area contributed by atoms with Crippen LogP contribution in [-0.4, -0.2) is 95.0 Å². The van der Waals surface area contributed by atoms with Crippen molar-refractivity contribution >= 4 is 35.0 Å². The van der Waals surface area contributed by atoms with E-state index in [9.17, 15) is 9.59 Å². The van der Waals surface area contributed by atoms with Crippen LogP contribution in [0.4, 0.5) is 0 Å². The molecule has 1 unspecified atom stereocenters. The lowest BCUT2D eigenvalue weighted by Gasteiger charge is -2.48. The highest BCUT2D eigenvalue weighted by Crippen LogP contribution is 2.43. The third kappa shape index (κ3) is 6.62. The Balaban J connectivity index is 1.00. The largest absolute Gasteiger partial charge is 0.481 e. The molecule has 4 aliphatic heterocycles. The molecule has 0 radical (unpaired) electrons. The quantitative estimate of drug-likeness (QED) is 0.198. The van der Waals surface area contributed by atoms with E-state index in [4.69, 9.17) is 42.6 Å². The van der Waals surface area contributed by atoms with Crippen molar-refractivity contribution in [3.63, 3.8) is 0 Å². The maximum absolute atomic E-state index is 12.3. The van der Waals surface area contributed by atoms with Gasteiger partial charge < -0.3 is 19.7 Å². The molecule has 270 valence electrons. The molecule has 4 aromatic rings. The van der Waals surface area contributed by atoms with Crippen LogP contribution in [0.1, 0.15) is 43.2 Å². The summed E-state index contributed by atoms with van der Waals surface area (Å²) in [5, 5.41) is 4.21. The second-order valence-corrected chi connectivity index (χ2v) is 15.2. The van der Waals surface area contributed by atoms with E-state index in [0.717, 1.165) is 85.4 Å². The van der Waals surface area contributed by atoms with Gasteiger partial charge in [-0.2, -0.15) is 0 Å². The number of amides is 2. The highest BCUT2D eigenvalue weighted by molar-refractivity contribution is 6.39. The number of rotatable bonds is 10. The third-order valence-electron chi connectivity index (χ3n) is 11.0. The van der Waals surface area contributed by atoms with Crippen molar-refractivity contribution in [2.75, 3.05) is 46.9 Å². The lowest BCUT2D eigenvalue weighted by molar-refractivity contribution is -0.129. The smallest absolute Gasteiger partial charge is 0.222 e. The molecule has 4 saturated heterocycles. The number of nitrogens with zero attached hydrogens (tertiary/aromatic N) is 5. The second kappa shape index (κ2) is 14.3. The Hall–Kier alpha value is -4.22. The van der Waals surface area contributed by atoms with E-state index in [1.165, 1.54) is 0 Å². The molecule has 1 spiro atoms. The van der Waals surface area contributed by atoms with Gasteiger partial charge >= 0.3 is 0 Å². The molecule has 2 aromatic carbocycles. The molecule has 4 fully saturated rings. The minimum absolute atomic E-state index is 0.0786. The first kappa shape index (κ1) is 34.8. The Kier molecular flexibility index (Phi) is 9.59. The van der Waals surface area contributed by atoms with Gasteiger partial charge in [0.2, 0.25) is 23.6 Å². The number of benzene rings is 2. The normalized spacial score (nSPS) is 20.1. The van der Waals surface area contributed by atoms with Gasteiger partial charge in [0.1, 0.15) is 0 Å². The van der Waals surface area contributed by atoms with Gasteiger partial charge in [0.05, 0.1) is 41.2 Å². The Morgan fingerprint density at radius 1 is 0.769 bits per heavy atom. The molecule has 2 amide bonds. The van der Waals surface area contributed by atoms with Crippen LogP contribution >= 0.6 is 23.2 Å². The summed E-state index contributed by atoms with van der Waals surface area (Å²) in [4.78, 5) is 40.6. The molecular formula is C40H42Cl2N6O4. The first-order chi connectivity index (χ1) is 25.2. The lowest BCUT2D eigenvalue weighted by Crippen LogP contribution is -2.66. The first-order valence-corrected chi connectivity index (χ1v) is 18.7. The lowest BCUT2D eigenvalue weighted by atomic mass is 9.88. The van der Waals surface area contributed by atoms with E-state index < -0.39 is 0 Å². The fraction of sp³-hybridized carbons (Fsp3) is 0.400. The van der Waals surface area contributed by atoms with Crippen molar-refractivity contribution in [2.45, 2.75) is 56.8 Å². The number of hydrogen-bond acceptors (Lipinski definition) is 8.